The molecule has 3 aromatic rings. The van der Waals surface area contributed by atoms with Gasteiger partial charge in [0, 0.05) is 29.4 Å². The molecule has 0 fully saturated rings. The Morgan fingerprint density at radius 3 is 2.63 bits per heavy atom. The highest BCUT2D eigenvalue weighted by Crippen LogP contribution is 2.22. The van der Waals surface area contributed by atoms with Gasteiger partial charge in [0.1, 0.15) is 0 Å². The summed E-state index contributed by atoms with van der Waals surface area (Å²) in [5.41, 5.74) is 4.82. The van der Waals surface area contributed by atoms with Gasteiger partial charge in [0.2, 0.25) is 0 Å². The molecule has 0 saturated carbocycles. The maximum atomic E-state index is 12.9. The lowest BCUT2D eigenvalue weighted by Crippen LogP contribution is -2.42. The van der Waals surface area contributed by atoms with Crippen molar-refractivity contribution in [2.45, 2.75) is 46.4 Å². The van der Waals surface area contributed by atoms with E-state index in [0.29, 0.717) is 18.7 Å². The van der Waals surface area contributed by atoms with Crippen LogP contribution >= 0.6 is 11.3 Å². The molecule has 0 bridgehead atoms. The number of esters is 1. The number of hydrogen-bond donors (Lipinski definition) is 0. The average Bonchev–Trinajstić information content (AvgIpc) is 3.36. The van der Waals surface area contributed by atoms with Crippen molar-refractivity contribution in [2.24, 2.45) is 0 Å². The number of thiophene rings is 1. The molecule has 1 aliphatic rings. The van der Waals surface area contributed by atoms with Gasteiger partial charge in [-0.05, 0) is 55.8 Å². The topological polar surface area (TPSA) is 51.5 Å². The Morgan fingerprint density at radius 2 is 1.90 bits per heavy atom. The Balaban J connectivity index is 1.43. The van der Waals surface area contributed by atoms with Crippen molar-refractivity contribution in [3.05, 3.63) is 80.8 Å². The zero-order valence-corrected chi connectivity index (χ0v) is 18.4. The smallest absolute Gasteiger partial charge is 0.340 e. The third kappa shape index (κ3) is 4.05. The number of amides is 1. The van der Waals surface area contributed by atoms with Crippen molar-refractivity contribution >= 4 is 23.2 Å². The normalized spacial score (nSPS) is 14.3. The molecule has 0 saturated heterocycles. The van der Waals surface area contributed by atoms with Crippen molar-refractivity contribution in [1.29, 1.82) is 0 Å². The minimum atomic E-state index is -0.817. The van der Waals surface area contributed by atoms with Crippen LogP contribution < -0.4 is 0 Å². The van der Waals surface area contributed by atoms with Crippen LogP contribution in [0.5, 0.6) is 0 Å². The second-order valence-corrected chi connectivity index (χ2v) is 8.81. The first-order valence-corrected chi connectivity index (χ1v) is 11.1. The third-order valence-electron chi connectivity index (χ3n) is 5.76. The number of fused-ring (bicyclic) bond motifs is 1. The number of aryl methyl sites for hydroxylation is 1. The van der Waals surface area contributed by atoms with Crippen molar-refractivity contribution in [3.63, 3.8) is 0 Å². The molecule has 1 aliphatic heterocycles. The highest BCUT2D eigenvalue weighted by Gasteiger charge is 2.28. The molecule has 4 rings (SSSR count). The molecule has 0 unspecified atom stereocenters. The van der Waals surface area contributed by atoms with Crippen LogP contribution in [0.4, 0.5) is 0 Å². The van der Waals surface area contributed by atoms with Crippen LogP contribution in [0.2, 0.25) is 0 Å². The number of ether oxygens (including phenoxy) is 1. The lowest BCUT2D eigenvalue weighted by Gasteiger charge is -2.30. The van der Waals surface area contributed by atoms with Crippen LogP contribution in [0.25, 0.3) is 0 Å². The summed E-state index contributed by atoms with van der Waals surface area (Å²) in [6.07, 6.45) is 0.00929. The SMILES string of the molecule is Cc1cc(C(=O)O[C@H](C)C(=O)N2CCc3ccccc3C2)c(C)n1Cc1cccs1. The average molecular weight is 423 g/mol. The van der Waals surface area contributed by atoms with Gasteiger partial charge >= 0.3 is 5.97 Å². The first-order chi connectivity index (χ1) is 14.4. The Kier molecular flexibility index (Phi) is 5.77. The van der Waals surface area contributed by atoms with E-state index in [9.17, 15) is 9.59 Å². The van der Waals surface area contributed by atoms with Gasteiger partial charge < -0.3 is 14.2 Å². The number of benzene rings is 1. The molecule has 0 radical (unpaired) electrons. The van der Waals surface area contributed by atoms with Crippen LogP contribution in [0.3, 0.4) is 0 Å². The molecular formula is C24H26N2O3S. The van der Waals surface area contributed by atoms with Gasteiger partial charge in [0.05, 0.1) is 12.1 Å². The monoisotopic (exact) mass is 422 g/mol. The predicted molar refractivity (Wildman–Crippen MR) is 118 cm³/mol. The van der Waals surface area contributed by atoms with Crippen LogP contribution in [-0.4, -0.2) is 34.0 Å². The van der Waals surface area contributed by atoms with E-state index in [4.69, 9.17) is 4.74 Å². The molecular weight excluding hydrogens is 396 g/mol. The van der Waals surface area contributed by atoms with E-state index in [0.717, 1.165) is 29.9 Å². The first kappa shape index (κ1) is 20.4. The Morgan fingerprint density at radius 1 is 1.13 bits per heavy atom. The van der Waals surface area contributed by atoms with Gasteiger partial charge in [-0.15, -0.1) is 11.3 Å². The summed E-state index contributed by atoms with van der Waals surface area (Å²) in [6.45, 7) is 7.50. The predicted octanol–water partition coefficient (Wildman–Crippen LogP) is 4.34. The summed E-state index contributed by atoms with van der Waals surface area (Å²) >= 11 is 1.69. The van der Waals surface area contributed by atoms with E-state index in [2.05, 4.69) is 16.7 Å². The fraction of sp³-hybridized carbons (Fsp3) is 0.333. The quantitative estimate of drug-likeness (QED) is 0.575. The molecule has 6 heteroatoms. The van der Waals surface area contributed by atoms with Crippen molar-refractivity contribution in [3.8, 4) is 0 Å². The van der Waals surface area contributed by atoms with Gasteiger partial charge in [-0.25, -0.2) is 4.79 Å². The lowest BCUT2D eigenvalue weighted by atomic mass is 9.99. The van der Waals surface area contributed by atoms with Gasteiger partial charge in [0.25, 0.3) is 5.91 Å². The lowest BCUT2D eigenvalue weighted by molar-refractivity contribution is -0.140. The van der Waals surface area contributed by atoms with Crippen LogP contribution in [-0.2, 0) is 29.0 Å². The van der Waals surface area contributed by atoms with Crippen molar-refractivity contribution in [2.75, 3.05) is 6.54 Å². The number of nitrogens with zero attached hydrogens (tertiary/aromatic N) is 2. The summed E-state index contributed by atoms with van der Waals surface area (Å²) in [6, 6.07) is 14.1. The van der Waals surface area contributed by atoms with Crippen molar-refractivity contribution in [1.82, 2.24) is 9.47 Å². The molecule has 1 aromatic carbocycles. The molecule has 2 aromatic heterocycles. The van der Waals surface area contributed by atoms with Crippen molar-refractivity contribution < 1.29 is 14.3 Å². The minimum absolute atomic E-state index is 0.148. The van der Waals surface area contributed by atoms with E-state index in [1.54, 1.807) is 23.2 Å². The molecule has 0 spiro atoms. The molecule has 1 amide bonds. The summed E-state index contributed by atoms with van der Waals surface area (Å²) in [5, 5.41) is 2.05. The van der Waals surface area contributed by atoms with Gasteiger partial charge in [-0.2, -0.15) is 0 Å². The maximum absolute atomic E-state index is 12.9. The number of hydrogen-bond acceptors (Lipinski definition) is 4. The van der Waals surface area contributed by atoms with Gasteiger partial charge in [0.15, 0.2) is 6.10 Å². The van der Waals surface area contributed by atoms with E-state index in [1.807, 2.05) is 49.6 Å². The largest absolute Gasteiger partial charge is 0.449 e. The molecule has 3 heterocycles. The van der Waals surface area contributed by atoms with E-state index in [-0.39, 0.29) is 5.91 Å². The fourth-order valence-electron chi connectivity index (χ4n) is 4.02. The summed E-state index contributed by atoms with van der Waals surface area (Å²) in [7, 11) is 0. The number of carbonyl (C=O) groups excluding carboxylic acids is 2. The Hall–Kier alpha value is -2.86. The van der Waals surface area contributed by atoms with E-state index >= 15 is 0 Å². The molecule has 30 heavy (non-hydrogen) atoms. The zero-order valence-electron chi connectivity index (χ0n) is 17.6. The van der Waals surface area contributed by atoms with Gasteiger partial charge in [-0.3, -0.25) is 4.79 Å². The van der Waals surface area contributed by atoms with Crippen LogP contribution in [0.1, 0.15) is 44.7 Å². The second-order valence-electron chi connectivity index (χ2n) is 7.78. The maximum Gasteiger partial charge on any atom is 0.340 e. The van der Waals surface area contributed by atoms with Crippen LogP contribution in [0.15, 0.2) is 47.8 Å². The number of aromatic nitrogens is 1. The van der Waals surface area contributed by atoms with Crippen LogP contribution in [0, 0.1) is 13.8 Å². The second kappa shape index (κ2) is 8.48. The summed E-state index contributed by atoms with van der Waals surface area (Å²) in [5.74, 6) is -0.593. The number of rotatable bonds is 5. The molecule has 1 atom stereocenters. The third-order valence-corrected chi connectivity index (χ3v) is 6.62. The fourth-order valence-corrected chi connectivity index (χ4v) is 4.72. The molecule has 0 N–H and O–H groups in total. The summed E-state index contributed by atoms with van der Waals surface area (Å²) < 4.78 is 7.69. The minimum Gasteiger partial charge on any atom is -0.449 e. The number of carbonyl (C=O) groups is 2. The standard InChI is InChI=1S/C24H26N2O3S/c1-16-13-22(17(2)26(16)15-21-9-6-12-30-21)24(28)29-18(3)23(27)25-11-10-19-7-4-5-8-20(19)14-25/h4-9,12-13,18H,10-11,14-15H2,1-3H3/t18-/m1/s1. The van der Waals surface area contributed by atoms with E-state index < -0.39 is 12.1 Å². The Labute approximate surface area is 180 Å². The zero-order chi connectivity index (χ0) is 21.3. The molecule has 156 valence electrons. The molecule has 0 aliphatic carbocycles. The highest BCUT2D eigenvalue weighted by molar-refractivity contribution is 7.09. The van der Waals surface area contributed by atoms with E-state index in [1.165, 1.54) is 10.4 Å². The Bertz CT molecular complexity index is 1070. The summed E-state index contributed by atoms with van der Waals surface area (Å²) in [4.78, 5) is 28.7. The van der Waals surface area contributed by atoms with Gasteiger partial charge in [-0.1, -0.05) is 30.3 Å². The first-order valence-electron chi connectivity index (χ1n) is 10.2. The highest BCUT2D eigenvalue weighted by atomic mass is 32.1. The molecule has 5 nitrogen and oxygen atoms in total.